The molecule has 0 saturated carbocycles. The van der Waals surface area contributed by atoms with Crippen LogP contribution in [0.25, 0.3) is 16.3 Å². The fraction of sp³-hybridized carbons (Fsp3) is 0. The molecule has 5 nitrogen and oxygen atoms in total. The Morgan fingerprint density at radius 3 is 2.83 bits per heavy atom. The SMILES string of the molecule is O=C(O)c1cccn2c(-c3ccc(Cl)s3)nnc12. The monoisotopic (exact) mass is 279 g/mol. The molecule has 0 fully saturated rings. The van der Waals surface area contributed by atoms with Crippen LogP contribution in [0.4, 0.5) is 0 Å². The molecular formula is C11H6ClN3O2S. The van der Waals surface area contributed by atoms with Gasteiger partial charge in [0.1, 0.15) is 5.56 Å². The summed E-state index contributed by atoms with van der Waals surface area (Å²) in [5, 5.41) is 17.0. The highest BCUT2D eigenvalue weighted by atomic mass is 35.5. The molecule has 0 unspecified atom stereocenters. The number of fused-ring (bicyclic) bond motifs is 1. The van der Waals surface area contributed by atoms with Crippen molar-refractivity contribution in [1.82, 2.24) is 14.6 Å². The average molecular weight is 280 g/mol. The molecule has 0 bridgehead atoms. The number of rotatable bonds is 2. The summed E-state index contributed by atoms with van der Waals surface area (Å²) in [6.45, 7) is 0. The van der Waals surface area contributed by atoms with Gasteiger partial charge in [0, 0.05) is 6.20 Å². The smallest absolute Gasteiger partial charge is 0.339 e. The minimum Gasteiger partial charge on any atom is -0.478 e. The van der Waals surface area contributed by atoms with E-state index in [1.165, 1.54) is 17.4 Å². The Kier molecular flexibility index (Phi) is 2.53. The third-order valence-corrected chi connectivity index (χ3v) is 3.69. The van der Waals surface area contributed by atoms with E-state index in [0.717, 1.165) is 4.88 Å². The first-order chi connectivity index (χ1) is 8.66. The van der Waals surface area contributed by atoms with E-state index < -0.39 is 5.97 Å². The maximum absolute atomic E-state index is 11.1. The van der Waals surface area contributed by atoms with Gasteiger partial charge in [-0.1, -0.05) is 11.6 Å². The van der Waals surface area contributed by atoms with E-state index in [1.807, 2.05) is 6.07 Å². The molecular weight excluding hydrogens is 274 g/mol. The quantitative estimate of drug-likeness (QED) is 0.783. The zero-order valence-electron chi connectivity index (χ0n) is 8.87. The van der Waals surface area contributed by atoms with Crippen molar-refractivity contribution in [2.24, 2.45) is 0 Å². The predicted octanol–water partition coefficient (Wildman–Crippen LogP) is 2.81. The van der Waals surface area contributed by atoms with Crippen molar-refractivity contribution in [2.45, 2.75) is 0 Å². The molecule has 0 aliphatic heterocycles. The first-order valence-electron chi connectivity index (χ1n) is 4.99. The fourth-order valence-electron chi connectivity index (χ4n) is 1.69. The van der Waals surface area contributed by atoms with E-state index in [4.69, 9.17) is 16.7 Å². The van der Waals surface area contributed by atoms with E-state index in [-0.39, 0.29) is 5.56 Å². The lowest BCUT2D eigenvalue weighted by Crippen LogP contribution is -2.00. The highest BCUT2D eigenvalue weighted by Crippen LogP contribution is 2.30. The van der Waals surface area contributed by atoms with Crippen molar-refractivity contribution < 1.29 is 9.90 Å². The molecule has 90 valence electrons. The van der Waals surface area contributed by atoms with Gasteiger partial charge in [0.25, 0.3) is 0 Å². The number of aromatic nitrogens is 3. The summed E-state index contributed by atoms with van der Waals surface area (Å²) >= 11 is 7.25. The number of halogens is 1. The second kappa shape index (κ2) is 4.08. The molecule has 3 rings (SSSR count). The van der Waals surface area contributed by atoms with Gasteiger partial charge in [0.15, 0.2) is 11.5 Å². The average Bonchev–Trinajstić information content (AvgIpc) is 2.93. The maximum Gasteiger partial charge on any atom is 0.339 e. The number of pyridine rings is 1. The standard InChI is InChI=1S/C11H6ClN3O2S/c12-8-4-3-7(18-8)10-14-13-9-6(11(16)17)2-1-5-15(9)10/h1-5H,(H,16,17). The molecule has 1 N–H and O–H groups in total. The molecule has 0 atom stereocenters. The minimum absolute atomic E-state index is 0.124. The first-order valence-corrected chi connectivity index (χ1v) is 6.19. The summed E-state index contributed by atoms with van der Waals surface area (Å²) < 4.78 is 2.29. The van der Waals surface area contributed by atoms with Crippen LogP contribution in [-0.4, -0.2) is 25.7 Å². The molecule has 0 amide bonds. The van der Waals surface area contributed by atoms with Crippen molar-refractivity contribution in [3.05, 3.63) is 40.4 Å². The van der Waals surface area contributed by atoms with E-state index in [9.17, 15) is 4.79 Å². The Morgan fingerprint density at radius 1 is 1.33 bits per heavy atom. The summed E-state index contributed by atoms with van der Waals surface area (Å²) in [5.74, 6) is -0.436. The molecule has 0 aromatic carbocycles. The predicted molar refractivity (Wildman–Crippen MR) is 68.3 cm³/mol. The van der Waals surface area contributed by atoms with E-state index in [0.29, 0.717) is 15.8 Å². The number of carbonyl (C=O) groups is 1. The Bertz CT molecular complexity index is 750. The van der Waals surface area contributed by atoms with Crippen LogP contribution in [0.5, 0.6) is 0 Å². The lowest BCUT2D eigenvalue weighted by atomic mass is 10.3. The number of nitrogens with zero attached hydrogens (tertiary/aromatic N) is 3. The molecule has 3 aromatic heterocycles. The topological polar surface area (TPSA) is 67.5 Å². The lowest BCUT2D eigenvalue weighted by molar-refractivity contribution is 0.0698. The molecule has 7 heteroatoms. The summed E-state index contributed by atoms with van der Waals surface area (Å²) in [6.07, 6.45) is 1.73. The molecule has 0 aliphatic carbocycles. The van der Waals surface area contributed by atoms with Gasteiger partial charge in [-0.25, -0.2) is 4.79 Å². The highest BCUT2D eigenvalue weighted by Gasteiger charge is 2.15. The van der Waals surface area contributed by atoms with Crippen LogP contribution in [-0.2, 0) is 0 Å². The van der Waals surface area contributed by atoms with Gasteiger partial charge in [-0.15, -0.1) is 21.5 Å². The van der Waals surface area contributed by atoms with Gasteiger partial charge in [-0.05, 0) is 24.3 Å². The first kappa shape index (κ1) is 11.2. The third kappa shape index (κ3) is 1.66. The number of carboxylic acid groups (broad SMARTS) is 1. The number of carboxylic acids is 1. The van der Waals surface area contributed by atoms with Crippen molar-refractivity contribution in [2.75, 3.05) is 0 Å². The maximum atomic E-state index is 11.1. The van der Waals surface area contributed by atoms with Gasteiger partial charge in [0.2, 0.25) is 0 Å². The Balaban J connectivity index is 2.27. The van der Waals surface area contributed by atoms with Crippen molar-refractivity contribution in [3.8, 4) is 10.7 Å². The minimum atomic E-state index is -1.02. The van der Waals surface area contributed by atoms with Crippen LogP contribution in [0.1, 0.15) is 10.4 Å². The van der Waals surface area contributed by atoms with E-state index in [1.54, 1.807) is 22.7 Å². The normalized spacial score (nSPS) is 10.9. The number of thiophene rings is 1. The summed E-state index contributed by atoms with van der Waals surface area (Å²) in [4.78, 5) is 11.9. The van der Waals surface area contributed by atoms with Gasteiger partial charge < -0.3 is 5.11 Å². The number of hydrogen-bond donors (Lipinski definition) is 1. The summed E-state index contributed by atoms with van der Waals surface area (Å²) in [7, 11) is 0. The largest absolute Gasteiger partial charge is 0.478 e. The van der Waals surface area contributed by atoms with Gasteiger partial charge in [-0.3, -0.25) is 4.40 Å². The fourth-order valence-corrected chi connectivity index (χ4v) is 2.71. The lowest BCUT2D eigenvalue weighted by Gasteiger charge is -1.98. The van der Waals surface area contributed by atoms with Crippen molar-refractivity contribution in [1.29, 1.82) is 0 Å². The molecule has 18 heavy (non-hydrogen) atoms. The third-order valence-electron chi connectivity index (χ3n) is 2.46. The molecule has 3 aromatic rings. The van der Waals surface area contributed by atoms with Crippen LogP contribution in [0.2, 0.25) is 4.34 Å². The molecule has 0 spiro atoms. The van der Waals surface area contributed by atoms with E-state index in [2.05, 4.69) is 10.2 Å². The molecule has 0 aliphatic rings. The van der Waals surface area contributed by atoms with Crippen LogP contribution in [0, 0.1) is 0 Å². The summed E-state index contributed by atoms with van der Waals surface area (Å²) in [5.41, 5.74) is 0.448. The van der Waals surface area contributed by atoms with Crippen LogP contribution >= 0.6 is 22.9 Å². The van der Waals surface area contributed by atoms with Gasteiger partial charge in [-0.2, -0.15) is 0 Å². The number of hydrogen-bond acceptors (Lipinski definition) is 4. The molecule has 0 radical (unpaired) electrons. The van der Waals surface area contributed by atoms with Crippen molar-refractivity contribution in [3.63, 3.8) is 0 Å². The zero-order valence-corrected chi connectivity index (χ0v) is 10.4. The van der Waals surface area contributed by atoms with Gasteiger partial charge in [0.05, 0.1) is 9.21 Å². The second-order valence-corrected chi connectivity index (χ2v) is 5.26. The van der Waals surface area contributed by atoms with E-state index >= 15 is 0 Å². The van der Waals surface area contributed by atoms with Crippen LogP contribution < -0.4 is 0 Å². The summed E-state index contributed by atoms with van der Waals surface area (Å²) in [6, 6.07) is 6.75. The highest BCUT2D eigenvalue weighted by molar-refractivity contribution is 7.19. The Hall–Kier alpha value is -1.92. The Morgan fingerprint density at radius 2 is 2.17 bits per heavy atom. The van der Waals surface area contributed by atoms with Gasteiger partial charge >= 0.3 is 5.97 Å². The van der Waals surface area contributed by atoms with Crippen molar-refractivity contribution >= 4 is 34.6 Å². The number of aromatic carboxylic acids is 1. The van der Waals surface area contributed by atoms with Crippen LogP contribution in [0.3, 0.4) is 0 Å². The second-order valence-electron chi connectivity index (χ2n) is 3.55. The van der Waals surface area contributed by atoms with Crippen LogP contribution in [0.15, 0.2) is 30.5 Å². The zero-order chi connectivity index (χ0) is 12.7. The molecule has 3 heterocycles. The Labute approximate surface area is 110 Å². The molecule has 0 saturated heterocycles.